The molecule has 0 aliphatic carbocycles. The minimum atomic E-state index is -0.844. The van der Waals surface area contributed by atoms with Gasteiger partial charge in [0.25, 0.3) is 0 Å². The first-order chi connectivity index (χ1) is 7.85. The average molecular weight is 242 g/mol. The van der Waals surface area contributed by atoms with Crippen LogP contribution in [0.3, 0.4) is 0 Å². The summed E-state index contributed by atoms with van der Waals surface area (Å²) < 4.78 is 27.5. The molecule has 0 saturated heterocycles. The van der Waals surface area contributed by atoms with Crippen LogP contribution in [0.5, 0.6) is 0 Å². The number of hydrogen-bond acceptors (Lipinski definition) is 2. The van der Waals surface area contributed by atoms with Crippen LogP contribution < -0.4 is 10.6 Å². The number of benzene rings is 1. The van der Waals surface area contributed by atoms with Crippen molar-refractivity contribution in [3.05, 3.63) is 29.3 Å². The monoisotopic (exact) mass is 242 g/mol. The number of rotatable bonds is 4. The Morgan fingerprint density at radius 1 is 1.24 bits per heavy atom. The van der Waals surface area contributed by atoms with Crippen LogP contribution in [0.25, 0.3) is 0 Å². The van der Waals surface area contributed by atoms with Gasteiger partial charge in [-0.3, -0.25) is 0 Å². The van der Waals surface area contributed by atoms with Crippen molar-refractivity contribution in [3.63, 3.8) is 0 Å². The first-order valence-electron chi connectivity index (χ1n) is 5.76. The highest BCUT2D eigenvalue weighted by molar-refractivity contribution is 5.51. The summed E-state index contributed by atoms with van der Waals surface area (Å²) in [4.78, 5) is 1.76. The lowest BCUT2D eigenvalue weighted by Crippen LogP contribution is -2.41. The second-order valence-corrected chi connectivity index (χ2v) is 4.80. The maximum Gasteiger partial charge on any atom is 0.182 e. The molecule has 0 saturated carbocycles. The number of nitrogens with zero attached hydrogens (tertiary/aromatic N) is 1. The van der Waals surface area contributed by atoms with Gasteiger partial charge < -0.3 is 10.6 Å². The van der Waals surface area contributed by atoms with Crippen molar-refractivity contribution in [2.45, 2.75) is 39.3 Å². The second kappa shape index (κ2) is 5.00. The highest BCUT2D eigenvalue weighted by atomic mass is 19.2. The van der Waals surface area contributed by atoms with Crippen molar-refractivity contribution in [2.24, 2.45) is 5.73 Å². The molecular formula is C13H20F2N2. The largest absolute Gasteiger partial charge is 0.367 e. The predicted octanol–water partition coefficient (Wildman–Crippen LogP) is 3.05. The Bertz CT molecular complexity index is 403. The minimum Gasteiger partial charge on any atom is -0.367 e. The fourth-order valence-corrected chi connectivity index (χ4v) is 1.56. The molecule has 0 atom stereocenters. The van der Waals surface area contributed by atoms with Crippen LogP contribution in [0.15, 0.2) is 12.1 Å². The van der Waals surface area contributed by atoms with Crippen molar-refractivity contribution in [2.75, 3.05) is 11.9 Å². The SMILES string of the molecule is CCC(C)(C)N(C)c1ccc(CN)c(F)c1F. The second-order valence-electron chi connectivity index (χ2n) is 4.80. The number of anilines is 1. The molecule has 1 rings (SSSR count). The zero-order chi connectivity index (χ0) is 13.2. The van der Waals surface area contributed by atoms with Crippen molar-refractivity contribution in [1.82, 2.24) is 0 Å². The molecule has 0 radical (unpaired) electrons. The van der Waals surface area contributed by atoms with Gasteiger partial charge in [0.1, 0.15) is 0 Å². The van der Waals surface area contributed by atoms with E-state index in [4.69, 9.17) is 5.73 Å². The first kappa shape index (κ1) is 13.9. The maximum absolute atomic E-state index is 13.9. The number of nitrogens with two attached hydrogens (primary N) is 1. The lowest BCUT2D eigenvalue weighted by molar-refractivity contribution is 0.449. The van der Waals surface area contributed by atoms with E-state index in [1.807, 2.05) is 20.8 Å². The van der Waals surface area contributed by atoms with Crippen molar-refractivity contribution in [1.29, 1.82) is 0 Å². The third kappa shape index (κ3) is 2.57. The van der Waals surface area contributed by atoms with E-state index in [0.29, 0.717) is 0 Å². The molecule has 0 unspecified atom stereocenters. The van der Waals surface area contributed by atoms with Crippen molar-refractivity contribution in [3.8, 4) is 0 Å². The Kier molecular flexibility index (Phi) is 4.09. The van der Waals surface area contributed by atoms with Gasteiger partial charge in [-0.05, 0) is 26.3 Å². The molecule has 0 heterocycles. The molecule has 0 fully saturated rings. The van der Waals surface area contributed by atoms with E-state index < -0.39 is 11.6 Å². The van der Waals surface area contributed by atoms with E-state index in [1.165, 1.54) is 6.07 Å². The Balaban J connectivity index is 3.21. The molecule has 0 aromatic heterocycles. The molecule has 0 aliphatic rings. The van der Waals surface area contributed by atoms with Gasteiger partial charge in [-0.1, -0.05) is 13.0 Å². The van der Waals surface area contributed by atoms with E-state index >= 15 is 0 Å². The Hall–Kier alpha value is -1.16. The fraction of sp³-hybridized carbons (Fsp3) is 0.538. The third-order valence-electron chi connectivity index (χ3n) is 3.50. The van der Waals surface area contributed by atoms with Crippen LogP contribution in [-0.4, -0.2) is 12.6 Å². The Morgan fingerprint density at radius 2 is 1.82 bits per heavy atom. The van der Waals surface area contributed by atoms with E-state index in [-0.39, 0.29) is 23.3 Å². The van der Waals surface area contributed by atoms with Crippen LogP contribution in [0.2, 0.25) is 0 Å². The van der Waals surface area contributed by atoms with Gasteiger partial charge >= 0.3 is 0 Å². The van der Waals surface area contributed by atoms with Gasteiger partial charge in [0, 0.05) is 24.7 Å². The molecule has 4 heteroatoms. The Labute approximate surface area is 101 Å². The molecule has 0 bridgehead atoms. The highest BCUT2D eigenvalue weighted by Crippen LogP contribution is 2.29. The van der Waals surface area contributed by atoms with Gasteiger partial charge in [0.2, 0.25) is 0 Å². The van der Waals surface area contributed by atoms with Crippen LogP contribution in [0, 0.1) is 11.6 Å². The summed E-state index contributed by atoms with van der Waals surface area (Å²) in [6.45, 7) is 5.99. The van der Waals surface area contributed by atoms with Crippen LogP contribution >= 0.6 is 0 Å². The number of halogens is 2. The van der Waals surface area contributed by atoms with Gasteiger partial charge in [-0.15, -0.1) is 0 Å². The van der Waals surface area contributed by atoms with Gasteiger partial charge in [-0.25, -0.2) is 8.78 Å². The zero-order valence-corrected chi connectivity index (χ0v) is 10.8. The molecule has 2 N–H and O–H groups in total. The molecule has 96 valence electrons. The zero-order valence-electron chi connectivity index (χ0n) is 10.8. The molecule has 2 nitrogen and oxygen atoms in total. The molecule has 0 aliphatic heterocycles. The topological polar surface area (TPSA) is 29.3 Å². The maximum atomic E-state index is 13.9. The Morgan fingerprint density at radius 3 is 2.29 bits per heavy atom. The summed E-state index contributed by atoms with van der Waals surface area (Å²) in [5.74, 6) is -1.67. The van der Waals surface area contributed by atoms with Crippen LogP contribution in [0.1, 0.15) is 32.8 Å². The third-order valence-corrected chi connectivity index (χ3v) is 3.50. The minimum absolute atomic E-state index is 0.00389. The lowest BCUT2D eigenvalue weighted by Gasteiger charge is -2.37. The average Bonchev–Trinajstić information content (AvgIpc) is 2.31. The normalized spacial score (nSPS) is 11.7. The standard InChI is InChI=1S/C13H20F2N2/c1-5-13(2,3)17(4)10-7-6-9(8-16)11(14)12(10)15/h6-7H,5,8,16H2,1-4H3. The van der Waals surface area contributed by atoms with E-state index in [1.54, 1.807) is 18.0 Å². The van der Waals surface area contributed by atoms with Crippen molar-refractivity contribution >= 4 is 5.69 Å². The molecule has 1 aromatic rings. The van der Waals surface area contributed by atoms with Crippen LogP contribution in [0.4, 0.5) is 14.5 Å². The van der Waals surface area contributed by atoms with Crippen LogP contribution in [-0.2, 0) is 6.54 Å². The smallest absolute Gasteiger partial charge is 0.182 e. The summed E-state index contributed by atoms with van der Waals surface area (Å²) in [5, 5.41) is 0. The summed E-state index contributed by atoms with van der Waals surface area (Å²) in [6, 6.07) is 3.12. The van der Waals surface area contributed by atoms with Gasteiger partial charge in [-0.2, -0.15) is 0 Å². The molecule has 1 aromatic carbocycles. The quantitative estimate of drug-likeness (QED) is 0.879. The predicted molar refractivity (Wildman–Crippen MR) is 67.0 cm³/mol. The van der Waals surface area contributed by atoms with Gasteiger partial charge in [0.05, 0.1) is 5.69 Å². The fourth-order valence-electron chi connectivity index (χ4n) is 1.56. The molecular weight excluding hydrogens is 222 g/mol. The van der Waals surface area contributed by atoms with E-state index in [0.717, 1.165) is 6.42 Å². The first-order valence-corrected chi connectivity index (χ1v) is 5.76. The summed E-state index contributed by atoms with van der Waals surface area (Å²) in [7, 11) is 1.77. The van der Waals surface area contributed by atoms with Crippen molar-refractivity contribution < 1.29 is 8.78 Å². The number of hydrogen-bond donors (Lipinski definition) is 1. The summed E-state index contributed by atoms with van der Waals surface area (Å²) in [5.41, 5.74) is 5.59. The summed E-state index contributed by atoms with van der Waals surface area (Å²) >= 11 is 0. The van der Waals surface area contributed by atoms with E-state index in [2.05, 4.69) is 0 Å². The highest BCUT2D eigenvalue weighted by Gasteiger charge is 2.25. The van der Waals surface area contributed by atoms with Gasteiger partial charge in [0.15, 0.2) is 11.6 Å². The van der Waals surface area contributed by atoms with E-state index in [9.17, 15) is 8.78 Å². The molecule has 0 spiro atoms. The molecule has 17 heavy (non-hydrogen) atoms. The molecule has 0 amide bonds. The lowest BCUT2D eigenvalue weighted by atomic mass is 9.98. The summed E-state index contributed by atoms with van der Waals surface area (Å²) in [6.07, 6.45) is 0.837.